The number of nitrogens with zero attached hydrogens (tertiary/aromatic N) is 1. The van der Waals surface area contributed by atoms with Crippen LogP contribution in [-0.4, -0.2) is 31.0 Å². The highest BCUT2D eigenvalue weighted by molar-refractivity contribution is 7.89. The van der Waals surface area contributed by atoms with E-state index in [1.807, 2.05) is 6.07 Å². The standard InChI is InChI=1S/C12H12N2O4S2/c15-12(16)11-7-10(8-19-11)20(17,18)14-6-4-9-3-1-2-5-13-9/h1-3,5,7-8,14H,4,6H2,(H,15,16). The van der Waals surface area contributed by atoms with Gasteiger partial charge >= 0.3 is 5.97 Å². The molecule has 8 heteroatoms. The molecule has 0 unspecified atom stereocenters. The van der Waals surface area contributed by atoms with E-state index in [1.54, 1.807) is 18.3 Å². The number of hydrogen-bond acceptors (Lipinski definition) is 5. The number of sulfonamides is 1. The van der Waals surface area contributed by atoms with E-state index in [2.05, 4.69) is 9.71 Å². The van der Waals surface area contributed by atoms with E-state index in [9.17, 15) is 13.2 Å². The Bertz CT molecular complexity index is 695. The molecule has 2 aromatic heterocycles. The summed E-state index contributed by atoms with van der Waals surface area (Å²) in [6.07, 6.45) is 2.11. The first-order valence-corrected chi connectivity index (χ1v) is 8.07. The van der Waals surface area contributed by atoms with Gasteiger partial charge in [0.2, 0.25) is 10.0 Å². The summed E-state index contributed by atoms with van der Waals surface area (Å²) in [6.45, 7) is 0.206. The molecule has 0 atom stereocenters. The summed E-state index contributed by atoms with van der Waals surface area (Å²) in [5, 5.41) is 10.1. The Balaban J connectivity index is 1.98. The second-order valence-electron chi connectivity index (χ2n) is 3.92. The van der Waals surface area contributed by atoms with Gasteiger partial charge in [-0.05, 0) is 18.2 Å². The van der Waals surface area contributed by atoms with Crippen LogP contribution in [0.5, 0.6) is 0 Å². The summed E-state index contributed by atoms with van der Waals surface area (Å²) in [5.74, 6) is -1.13. The zero-order valence-electron chi connectivity index (χ0n) is 10.3. The lowest BCUT2D eigenvalue weighted by Crippen LogP contribution is -2.25. The van der Waals surface area contributed by atoms with Gasteiger partial charge in [-0.2, -0.15) is 0 Å². The molecule has 2 heterocycles. The summed E-state index contributed by atoms with van der Waals surface area (Å²) < 4.78 is 26.3. The maximum absolute atomic E-state index is 11.9. The summed E-state index contributed by atoms with van der Waals surface area (Å²) >= 11 is 0.883. The Morgan fingerprint density at radius 3 is 2.80 bits per heavy atom. The van der Waals surface area contributed by atoms with Gasteiger partial charge in [0.05, 0.1) is 4.90 Å². The van der Waals surface area contributed by atoms with Crippen molar-refractivity contribution < 1.29 is 18.3 Å². The van der Waals surface area contributed by atoms with Gasteiger partial charge in [0.25, 0.3) is 0 Å². The van der Waals surface area contributed by atoms with Crippen molar-refractivity contribution in [3.63, 3.8) is 0 Å². The lowest BCUT2D eigenvalue weighted by molar-refractivity contribution is 0.0702. The molecule has 0 spiro atoms. The number of carboxylic acid groups (broad SMARTS) is 1. The van der Waals surface area contributed by atoms with Crippen LogP contribution in [0.4, 0.5) is 0 Å². The van der Waals surface area contributed by atoms with E-state index in [-0.39, 0.29) is 16.3 Å². The Morgan fingerprint density at radius 2 is 2.20 bits per heavy atom. The average molecular weight is 312 g/mol. The van der Waals surface area contributed by atoms with Gasteiger partial charge in [-0.3, -0.25) is 4.98 Å². The van der Waals surface area contributed by atoms with Crippen LogP contribution in [0.1, 0.15) is 15.4 Å². The van der Waals surface area contributed by atoms with Crippen molar-refractivity contribution in [3.05, 3.63) is 46.4 Å². The molecule has 0 saturated heterocycles. The van der Waals surface area contributed by atoms with Gasteiger partial charge < -0.3 is 5.11 Å². The van der Waals surface area contributed by atoms with Crippen molar-refractivity contribution >= 4 is 27.3 Å². The maximum atomic E-state index is 11.9. The summed E-state index contributed by atoms with van der Waals surface area (Å²) in [5.41, 5.74) is 0.784. The summed E-state index contributed by atoms with van der Waals surface area (Å²) in [6, 6.07) is 6.57. The molecule has 0 aromatic carbocycles. The average Bonchev–Trinajstić information content (AvgIpc) is 2.90. The fraction of sp³-hybridized carbons (Fsp3) is 0.167. The maximum Gasteiger partial charge on any atom is 0.345 e. The molecule has 0 aliphatic rings. The molecule has 106 valence electrons. The third kappa shape index (κ3) is 3.62. The molecule has 2 aromatic rings. The van der Waals surface area contributed by atoms with Crippen LogP contribution in [0.25, 0.3) is 0 Å². The molecule has 0 aliphatic carbocycles. The van der Waals surface area contributed by atoms with Crippen LogP contribution in [-0.2, 0) is 16.4 Å². The molecule has 0 aliphatic heterocycles. The van der Waals surface area contributed by atoms with Crippen molar-refractivity contribution in [2.45, 2.75) is 11.3 Å². The van der Waals surface area contributed by atoms with E-state index in [4.69, 9.17) is 5.11 Å². The minimum Gasteiger partial charge on any atom is -0.477 e. The van der Waals surface area contributed by atoms with Crippen LogP contribution in [0.3, 0.4) is 0 Å². The second-order valence-corrected chi connectivity index (χ2v) is 6.60. The van der Waals surface area contributed by atoms with Gasteiger partial charge in [0.15, 0.2) is 0 Å². The van der Waals surface area contributed by atoms with E-state index in [1.165, 1.54) is 5.38 Å². The Labute approximate surface area is 120 Å². The molecular weight excluding hydrogens is 300 g/mol. The van der Waals surface area contributed by atoms with Gasteiger partial charge in [-0.15, -0.1) is 11.3 Å². The highest BCUT2D eigenvalue weighted by atomic mass is 32.2. The molecule has 0 amide bonds. The number of pyridine rings is 1. The molecular formula is C12H12N2O4S2. The minimum atomic E-state index is -3.67. The Hall–Kier alpha value is -1.77. The highest BCUT2D eigenvalue weighted by Gasteiger charge is 2.17. The van der Waals surface area contributed by atoms with Crippen LogP contribution >= 0.6 is 11.3 Å². The molecule has 20 heavy (non-hydrogen) atoms. The van der Waals surface area contributed by atoms with Gasteiger partial charge in [-0.25, -0.2) is 17.9 Å². The van der Waals surface area contributed by atoms with Crippen molar-refractivity contribution in [3.8, 4) is 0 Å². The number of aromatic carboxylic acids is 1. The summed E-state index contributed by atoms with van der Waals surface area (Å²) in [4.78, 5) is 14.8. The fourth-order valence-corrected chi connectivity index (χ4v) is 3.66. The first-order chi connectivity index (χ1) is 9.49. The van der Waals surface area contributed by atoms with E-state index in [0.29, 0.717) is 6.42 Å². The van der Waals surface area contributed by atoms with Crippen molar-refractivity contribution in [1.82, 2.24) is 9.71 Å². The molecule has 0 saturated carbocycles. The fourth-order valence-electron chi connectivity index (χ4n) is 1.51. The molecule has 6 nitrogen and oxygen atoms in total. The number of hydrogen-bond donors (Lipinski definition) is 2. The monoisotopic (exact) mass is 312 g/mol. The zero-order chi connectivity index (χ0) is 14.6. The minimum absolute atomic E-state index is 0.00454. The number of rotatable bonds is 6. The van der Waals surface area contributed by atoms with Crippen molar-refractivity contribution in [1.29, 1.82) is 0 Å². The normalized spacial score (nSPS) is 11.4. The molecule has 0 bridgehead atoms. The molecule has 0 fully saturated rings. The molecule has 0 radical (unpaired) electrons. The number of carbonyl (C=O) groups is 1. The van der Waals surface area contributed by atoms with Crippen LogP contribution in [0.2, 0.25) is 0 Å². The predicted molar refractivity (Wildman–Crippen MR) is 74.4 cm³/mol. The SMILES string of the molecule is O=C(O)c1cc(S(=O)(=O)NCCc2ccccn2)cs1. The van der Waals surface area contributed by atoms with Gasteiger partial charge in [-0.1, -0.05) is 6.07 Å². The largest absolute Gasteiger partial charge is 0.477 e. The Morgan fingerprint density at radius 1 is 1.40 bits per heavy atom. The van der Waals surface area contributed by atoms with Crippen LogP contribution < -0.4 is 4.72 Å². The topological polar surface area (TPSA) is 96.4 Å². The van der Waals surface area contributed by atoms with E-state index >= 15 is 0 Å². The number of carboxylic acids is 1. The van der Waals surface area contributed by atoms with Crippen molar-refractivity contribution in [2.75, 3.05) is 6.54 Å². The molecule has 2 rings (SSSR count). The quantitative estimate of drug-likeness (QED) is 0.839. The van der Waals surface area contributed by atoms with Gasteiger partial charge in [0, 0.05) is 30.2 Å². The lowest BCUT2D eigenvalue weighted by atomic mass is 10.3. The predicted octanol–water partition coefficient (Wildman–Crippen LogP) is 1.36. The van der Waals surface area contributed by atoms with Crippen LogP contribution in [0, 0.1) is 0 Å². The lowest BCUT2D eigenvalue weighted by Gasteiger charge is -2.04. The smallest absolute Gasteiger partial charge is 0.345 e. The number of nitrogens with one attached hydrogen (secondary N) is 1. The van der Waals surface area contributed by atoms with Crippen LogP contribution in [0.15, 0.2) is 40.7 Å². The molecule has 2 N–H and O–H groups in total. The third-order valence-electron chi connectivity index (χ3n) is 2.50. The zero-order valence-corrected chi connectivity index (χ0v) is 11.9. The van der Waals surface area contributed by atoms with Crippen molar-refractivity contribution in [2.24, 2.45) is 0 Å². The third-order valence-corrected chi connectivity index (χ3v) is 5.00. The highest BCUT2D eigenvalue weighted by Crippen LogP contribution is 2.18. The first-order valence-electron chi connectivity index (χ1n) is 5.70. The van der Waals surface area contributed by atoms with E-state index in [0.717, 1.165) is 23.1 Å². The second kappa shape index (κ2) is 6.12. The Kier molecular flexibility index (Phi) is 4.48. The number of thiophene rings is 1. The first kappa shape index (κ1) is 14.6. The number of aromatic nitrogens is 1. The van der Waals surface area contributed by atoms with Gasteiger partial charge in [0.1, 0.15) is 4.88 Å². The van der Waals surface area contributed by atoms with E-state index < -0.39 is 16.0 Å². The summed E-state index contributed by atoms with van der Waals surface area (Å²) in [7, 11) is -3.67.